The summed E-state index contributed by atoms with van der Waals surface area (Å²) in [6, 6.07) is 8.86. The van der Waals surface area contributed by atoms with Gasteiger partial charge >= 0.3 is 0 Å². The molecule has 0 radical (unpaired) electrons. The lowest BCUT2D eigenvalue weighted by Gasteiger charge is -2.34. The van der Waals surface area contributed by atoms with Gasteiger partial charge in [0.25, 0.3) is 17.6 Å². The zero-order valence-corrected chi connectivity index (χ0v) is 15.9. The fourth-order valence-corrected chi connectivity index (χ4v) is 3.59. The number of aromatic amines is 1. The van der Waals surface area contributed by atoms with Crippen LogP contribution in [0.25, 0.3) is 10.9 Å². The van der Waals surface area contributed by atoms with Crippen LogP contribution in [0.1, 0.15) is 20.7 Å². The van der Waals surface area contributed by atoms with Crippen LogP contribution < -0.4 is 0 Å². The van der Waals surface area contributed by atoms with Crippen LogP contribution >= 0.6 is 11.6 Å². The van der Waals surface area contributed by atoms with Crippen molar-refractivity contribution in [1.82, 2.24) is 19.8 Å². The molecule has 1 saturated heterocycles. The number of pyridine rings is 1. The number of amides is 2. The Balaban J connectivity index is 1.47. The number of nitrogens with zero attached hydrogens (tertiary/aromatic N) is 3. The Morgan fingerprint density at radius 2 is 1.69 bits per heavy atom. The standard InChI is InChI=1S/C20H16ClFN4O3/c21-18-16-15(14(22)11-24-18)13(10-23-16)17(27)20(29)26-8-6-25(7-9-26)19(28)12-4-2-1-3-5-12/h1-5,10-11,23H,6-9H2. The number of Topliss-reactive ketones (excluding diaryl/α,β-unsaturated/α-hetero) is 1. The van der Waals surface area contributed by atoms with E-state index in [-0.39, 0.29) is 40.6 Å². The lowest BCUT2D eigenvalue weighted by Crippen LogP contribution is -2.52. The zero-order valence-electron chi connectivity index (χ0n) is 15.2. The van der Waals surface area contributed by atoms with Crippen molar-refractivity contribution in [1.29, 1.82) is 0 Å². The zero-order chi connectivity index (χ0) is 20.5. The molecule has 148 valence electrons. The Labute approximate surface area is 170 Å². The average Bonchev–Trinajstić information content (AvgIpc) is 3.22. The van der Waals surface area contributed by atoms with E-state index in [1.165, 1.54) is 11.1 Å². The van der Waals surface area contributed by atoms with Gasteiger partial charge in [0.2, 0.25) is 0 Å². The van der Waals surface area contributed by atoms with Gasteiger partial charge in [0.15, 0.2) is 11.0 Å². The molecule has 0 spiro atoms. The average molecular weight is 415 g/mol. The number of carbonyl (C=O) groups is 3. The topological polar surface area (TPSA) is 86.4 Å². The van der Waals surface area contributed by atoms with Crippen molar-refractivity contribution in [3.63, 3.8) is 0 Å². The minimum atomic E-state index is -0.833. The van der Waals surface area contributed by atoms with Gasteiger partial charge in [0, 0.05) is 37.9 Å². The predicted octanol–water partition coefficient (Wildman–Crippen LogP) is 2.52. The van der Waals surface area contributed by atoms with Gasteiger partial charge in [-0.2, -0.15) is 0 Å². The second-order valence-corrected chi connectivity index (χ2v) is 6.99. The fraction of sp³-hybridized carbons (Fsp3) is 0.200. The third kappa shape index (κ3) is 3.47. The number of ketones is 1. The van der Waals surface area contributed by atoms with Crippen molar-refractivity contribution in [3.05, 3.63) is 64.8 Å². The number of carbonyl (C=O) groups excluding carboxylic acids is 3. The molecule has 3 heterocycles. The van der Waals surface area contributed by atoms with Crippen LogP contribution in [0.15, 0.2) is 42.7 Å². The molecule has 29 heavy (non-hydrogen) atoms. The summed E-state index contributed by atoms with van der Waals surface area (Å²) < 4.78 is 14.2. The van der Waals surface area contributed by atoms with Gasteiger partial charge in [0.05, 0.1) is 22.7 Å². The molecule has 1 aliphatic rings. The Morgan fingerprint density at radius 1 is 1.03 bits per heavy atom. The van der Waals surface area contributed by atoms with E-state index in [0.29, 0.717) is 18.7 Å². The Kier molecular flexibility index (Phi) is 5.02. The molecular weight excluding hydrogens is 399 g/mol. The molecule has 1 aromatic carbocycles. The van der Waals surface area contributed by atoms with Gasteiger partial charge in [-0.05, 0) is 12.1 Å². The Bertz CT molecular complexity index is 1110. The molecule has 0 aliphatic carbocycles. The SMILES string of the molecule is O=C(C(=O)N1CCN(C(=O)c2ccccc2)CC1)c1c[nH]c2c(Cl)ncc(F)c12. The molecule has 1 aliphatic heterocycles. The molecule has 2 aromatic heterocycles. The van der Waals surface area contributed by atoms with Gasteiger partial charge in [0.1, 0.15) is 0 Å². The third-order valence-corrected chi connectivity index (χ3v) is 5.22. The van der Waals surface area contributed by atoms with Crippen LogP contribution in [0.2, 0.25) is 5.15 Å². The number of hydrogen-bond acceptors (Lipinski definition) is 4. The van der Waals surface area contributed by atoms with E-state index in [0.717, 1.165) is 6.20 Å². The third-order valence-electron chi connectivity index (χ3n) is 4.93. The van der Waals surface area contributed by atoms with Crippen LogP contribution in [-0.2, 0) is 4.79 Å². The first kappa shape index (κ1) is 19.1. The number of halogens is 2. The van der Waals surface area contributed by atoms with Crippen LogP contribution in [0.3, 0.4) is 0 Å². The van der Waals surface area contributed by atoms with E-state index in [1.807, 2.05) is 6.07 Å². The quantitative estimate of drug-likeness (QED) is 0.405. The summed E-state index contributed by atoms with van der Waals surface area (Å²) in [5.74, 6) is -2.43. The number of H-pyrrole nitrogens is 1. The van der Waals surface area contributed by atoms with Crippen molar-refractivity contribution < 1.29 is 18.8 Å². The lowest BCUT2D eigenvalue weighted by molar-refractivity contribution is -0.127. The molecule has 0 bridgehead atoms. The van der Waals surface area contributed by atoms with Gasteiger partial charge in [-0.15, -0.1) is 0 Å². The van der Waals surface area contributed by atoms with Gasteiger partial charge in [-0.25, -0.2) is 9.37 Å². The number of benzene rings is 1. The highest BCUT2D eigenvalue weighted by atomic mass is 35.5. The first-order chi connectivity index (χ1) is 14.0. The van der Waals surface area contributed by atoms with E-state index >= 15 is 0 Å². The first-order valence-corrected chi connectivity index (χ1v) is 9.34. The molecule has 1 fully saturated rings. The summed E-state index contributed by atoms with van der Waals surface area (Å²) in [5.41, 5.74) is 0.652. The summed E-state index contributed by atoms with van der Waals surface area (Å²) in [6.07, 6.45) is 2.17. The number of aromatic nitrogens is 2. The molecule has 7 nitrogen and oxygen atoms in total. The fourth-order valence-electron chi connectivity index (χ4n) is 3.39. The Morgan fingerprint density at radius 3 is 2.38 bits per heavy atom. The summed E-state index contributed by atoms with van der Waals surface area (Å²) in [5, 5.41) is -0.0396. The molecule has 2 amide bonds. The van der Waals surface area contributed by atoms with Gasteiger partial charge in [-0.1, -0.05) is 29.8 Å². The molecule has 0 saturated carbocycles. The Hall–Kier alpha value is -3.26. The summed E-state index contributed by atoms with van der Waals surface area (Å²) >= 11 is 5.92. The molecule has 1 N–H and O–H groups in total. The van der Waals surface area contributed by atoms with E-state index in [2.05, 4.69) is 9.97 Å². The van der Waals surface area contributed by atoms with Crippen molar-refractivity contribution in [2.24, 2.45) is 0 Å². The number of nitrogens with one attached hydrogen (secondary N) is 1. The maximum Gasteiger partial charge on any atom is 0.295 e. The van der Waals surface area contributed by atoms with Crippen molar-refractivity contribution in [2.75, 3.05) is 26.2 Å². The highest BCUT2D eigenvalue weighted by Gasteiger charge is 2.31. The number of fused-ring (bicyclic) bond motifs is 1. The number of rotatable bonds is 3. The van der Waals surface area contributed by atoms with Crippen LogP contribution in [0, 0.1) is 5.82 Å². The van der Waals surface area contributed by atoms with Gasteiger partial charge in [-0.3, -0.25) is 14.4 Å². The van der Waals surface area contributed by atoms with Crippen molar-refractivity contribution >= 4 is 40.1 Å². The summed E-state index contributed by atoms with van der Waals surface area (Å²) in [7, 11) is 0. The summed E-state index contributed by atoms with van der Waals surface area (Å²) in [4.78, 5) is 47.3. The van der Waals surface area contributed by atoms with Crippen LogP contribution in [-0.4, -0.2) is 63.5 Å². The van der Waals surface area contributed by atoms with E-state index in [1.54, 1.807) is 29.2 Å². The highest BCUT2D eigenvalue weighted by molar-refractivity contribution is 6.45. The molecule has 9 heteroatoms. The predicted molar refractivity (Wildman–Crippen MR) is 104 cm³/mol. The smallest absolute Gasteiger partial charge is 0.295 e. The molecule has 0 atom stereocenters. The van der Waals surface area contributed by atoms with E-state index < -0.39 is 17.5 Å². The number of piperazine rings is 1. The van der Waals surface area contributed by atoms with E-state index in [4.69, 9.17) is 11.6 Å². The normalized spacial score (nSPS) is 14.3. The van der Waals surface area contributed by atoms with Crippen molar-refractivity contribution in [2.45, 2.75) is 0 Å². The van der Waals surface area contributed by atoms with E-state index in [9.17, 15) is 18.8 Å². The maximum absolute atomic E-state index is 14.2. The maximum atomic E-state index is 14.2. The first-order valence-electron chi connectivity index (χ1n) is 8.96. The van der Waals surface area contributed by atoms with Crippen molar-refractivity contribution in [3.8, 4) is 0 Å². The second-order valence-electron chi connectivity index (χ2n) is 6.63. The molecule has 3 aromatic rings. The van der Waals surface area contributed by atoms with Crippen LogP contribution in [0.5, 0.6) is 0 Å². The molecule has 0 unspecified atom stereocenters. The molecular formula is C20H16ClFN4O3. The summed E-state index contributed by atoms with van der Waals surface area (Å²) in [6.45, 7) is 1.06. The number of hydrogen-bond donors (Lipinski definition) is 1. The minimum absolute atomic E-state index is 0.0148. The van der Waals surface area contributed by atoms with Gasteiger partial charge < -0.3 is 14.8 Å². The van der Waals surface area contributed by atoms with Crippen LogP contribution in [0.4, 0.5) is 4.39 Å². The highest BCUT2D eigenvalue weighted by Crippen LogP contribution is 2.27. The second kappa shape index (κ2) is 7.63. The lowest BCUT2D eigenvalue weighted by atomic mass is 10.1. The molecule has 4 rings (SSSR count). The monoisotopic (exact) mass is 414 g/mol. The minimum Gasteiger partial charge on any atom is -0.358 e. The largest absolute Gasteiger partial charge is 0.358 e.